The minimum atomic E-state index is -1.82. The van der Waals surface area contributed by atoms with Gasteiger partial charge in [0.05, 0.1) is 10.0 Å². The fraction of sp³-hybridized carbons (Fsp3) is 0.357. The lowest BCUT2D eigenvalue weighted by atomic mass is 10.1. The van der Waals surface area contributed by atoms with Crippen LogP contribution in [0.2, 0.25) is 28.2 Å². The van der Waals surface area contributed by atoms with Crippen molar-refractivity contribution in [3.8, 4) is 11.5 Å². The van der Waals surface area contributed by atoms with Crippen LogP contribution < -0.4 is 9.47 Å². The van der Waals surface area contributed by atoms with E-state index in [1.807, 2.05) is 54.6 Å². The second kappa shape index (κ2) is 11.6. The molecule has 0 saturated carbocycles. The van der Waals surface area contributed by atoms with Crippen molar-refractivity contribution >= 4 is 31.5 Å². The van der Waals surface area contributed by atoms with Gasteiger partial charge in [0.1, 0.15) is 24.2 Å². The molecule has 3 aromatic carbocycles. The topological polar surface area (TPSA) is 27.7 Å². The predicted molar refractivity (Wildman–Crippen MR) is 145 cm³/mol. The van der Waals surface area contributed by atoms with Crippen molar-refractivity contribution in [3.05, 3.63) is 94.0 Å². The molecule has 0 spiro atoms. The van der Waals surface area contributed by atoms with Gasteiger partial charge in [-0.05, 0) is 65.7 Å². The average Bonchev–Trinajstić information content (AvgIpc) is 2.79. The van der Waals surface area contributed by atoms with Crippen molar-refractivity contribution in [2.24, 2.45) is 0 Å². The second-order valence-corrected chi connectivity index (χ2v) is 15.5. The monoisotopic (exact) mass is 516 g/mol. The number of benzene rings is 3. The first kappa shape index (κ1) is 26.6. The molecule has 0 bridgehead atoms. The summed E-state index contributed by atoms with van der Waals surface area (Å²) in [6.07, 6.45) is 0.654. The molecule has 3 nitrogen and oxygen atoms in total. The Hall–Kier alpha value is -1.98. The highest BCUT2D eigenvalue weighted by Crippen LogP contribution is 2.37. The first-order valence-electron chi connectivity index (χ1n) is 11.6. The van der Waals surface area contributed by atoms with Gasteiger partial charge in [-0.3, -0.25) is 0 Å². The standard InChI is InChI=1S/C28H34Cl2O3Si/c1-28(2,3)34(4,5)32-18-17-27(33-24-9-7-6-8-10-24)22-12-14-23(15-13-22)31-20-21-11-16-25(29)26(30)19-21/h6-16,19,27H,17-18,20H2,1-5H3. The maximum atomic E-state index is 6.43. The van der Waals surface area contributed by atoms with Crippen molar-refractivity contribution in [3.63, 3.8) is 0 Å². The third-order valence-corrected chi connectivity index (χ3v) is 11.6. The molecule has 0 heterocycles. The van der Waals surface area contributed by atoms with Gasteiger partial charge >= 0.3 is 0 Å². The van der Waals surface area contributed by atoms with Gasteiger partial charge in [0.2, 0.25) is 0 Å². The summed E-state index contributed by atoms with van der Waals surface area (Å²) in [7, 11) is -1.82. The van der Waals surface area contributed by atoms with Crippen LogP contribution in [0, 0.1) is 0 Å². The van der Waals surface area contributed by atoms with Crippen molar-refractivity contribution in [2.45, 2.75) is 58.0 Å². The summed E-state index contributed by atoms with van der Waals surface area (Å²) in [6.45, 7) is 12.4. The molecule has 3 rings (SSSR count). The molecular formula is C28H34Cl2O3Si. The molecule has 3 aromatic rings. The molecule has 0 saturated heterocycles. The van der Waals surface area contributed by atoms with Gasteiger partial charge in [0.15, 0.2) is 8.32 Å². The van der Waals surface area contributed by atoms with Gasteiger partial charge in [0, 0.05) is 13.0 Å². The summed E-state index contributed by atoms with van der Waals surface area (Å²) >= 11 is 12.1. The first-order valence-corrected chi connectivity index (χ1v) is 15.2. The molecule has 0 radical (unpaired) electrons. The summed E-state index contributed by atoms with van der Waals surface area (Å²) in [5, 5.41) is 1.24. The zero-order valence-electron chi connectivity index (χ0n) is 20.6. The van der Waals surface area contributed by atoms with Gasteiger partial charge in [-0.25, -0.2) is 0 Å². The quantitative estimate of drug-likeness (QED) is 0.251. The van der Waals surface area contributed by atoms with E-state index in [9.17, 15) is 0 Å². The van der Waals surface area contributed by atoms with E-state index in [1.54, 1.807) is 6.07 Å². The van der Waals surface area contributed by atoms with Crippen LogP contribution in [0.3, 0.4) is 0 Å². The second-order valence-electron chi connectivity index (χ2n) is 9.92. The summed E-state index contributed by atoms with van der Waals surface area (Å²) in [4.78, 5) is 0. The minimum Gasteiger partial charge on any atom is -0.489 e. The maximum absolute atomic E-state index is 6.43. The minimum absolute atomic E-state index is 0.115. The molecule has 0 aliphatic rings. The Morgan fingerprint density at radius 1 is 0.824 bits per heavy atom. The van der Waals surface area contributed by atoms with E-state index < -0.39 is 8.32 Å². The van der Waals surface area contributed by atoms with Crippen molar-refractivity contribution in [1.82, 2.24) is 0 Å². The lowest BCUT2D eigenvalue weighted by Gasteiger charge is -2.36. The highest BCUT2D eigenvalue weighted by Gasteiger charge is 2.37. The Kier molecular flexibility index (Phi) is 9.11. The Bertz CT molecular complexity index is 1050. The third-order valence-electron chi connectivity index (χ3n) is 6.31. The summed E-state index contributed by atoms with van der Waals surface area (Å²) in [5.41, 5.74) is 2.05. The van der Waals surface area contributed by atoms with E-state index in [4.69, 9.17) is 37.1 Å². The number of rotatable bonds is 10. The Labute approximate surface area is 215 Å². The Balaban J connectivity index is 1.67. The van der Waals surface area contributed by atoms with Gasteiger partial charge in [-0.1, -0.05) is 80.4 Å². The average molecular weight is 518 g/mol. The molecule has 0 amide bonds. The first-order chi connectivity index (χ1) is 16.0. The van der Waals surface area contributed by atoms with E-state index in [2.05, 4.69) is 46.0 Å². The number of halogens is 2. The van der Waals surface area contributed by atoms with Crippen molar-refractivity contribution < 1.29 is 13.9 Å². The van der Waals surface area contributed by atoms with Crippen LogP contribution in [0.15, 0.2) is 72.8 Å². The summed E-state index contributed by atoms with van der Waals surface area (Å²) < 4.78 is 18.7. The van der Waals surface area contributed by atoms with Crippen LogP contribution in [0.25, 0.3) is 0 Å². The molecule has 34 heavy (non-hydrogen) atoms. The molecule has 0 aliphatic heterocycles. The van der Waals surface area contributed by atoms with E-state index in [-0.39, 0.29) is 11.1 Å². The smallest absolute Gasteiger partial charge is 0.191 e. The van der Waals surface area contributed by atoms with Crippen LogP contribution in [-0.4, -0.2) is 14.9 Å². The highest BCUT2D eigenvalue weighted by atomic mass is 35.5. The van der Waals surface area contributed by atoms with Gasteiger partial charge in [-0.2, -0.15) is 0 Å². The number of hydrogen-bond acceptors (Lipinski definition) is 3. The van der Waals surface area contributed by atoms with Crippen LogP contribution in [-0.2, 0) is 11.0 Å². The Morgan fingerprint density at radius 3 is 2.12 bits per heavy atom. The normalized spacial score (nSPS) is 12.9. The van der Waals surface area contributed by atoms with Crippen LogP contribution >= 0.6 is 23.2 Å². The number of para-hydroxylation sites is 1. The van der Waals surface area contributed by atoms with Gasteiger partial charge < -0.3 is 13.9 Å². The van der Waals surface area contributed by atoms with Crippen LogP contribution in [0.4, 0.5) is 0 Å². The maximum Gasteiger partial charge on any atom is 0.191 e. The van der Waals surface area contributed by atoms with E-state index >= 15 is 0 Å². The third kappa shape index (κ3) is 7.51. The van der Waals surface area contributed by atoms with Crippen molar-refractivity contribution in [2.75, 3.05) is 6.61 Å². The number of ether oxygens (including phenoxy) is 2. The molecule has 0 aliphatic carbocycles. The zero-order valence-corrected chi connectivity index (χ0v) is 23.1. The highest BCUT2D eigenvalue weighted by molar-refractivity contribution is 6.74. The predicted octanol–water partition coefficient (Wildman–Crippen LogP) is 9.10. The Morgan fingerprint density at radius 2 is 1.50 bits per heavy atom. The van der Waals surface area contributed by atoms with E-state index in [1.165, 1.54) is 0 Å². The van der Waals surface area contributed by atoms with Crippen LogP contribution in [0.1, 0.15) is 44.4 Å². The SMILES string of the molecule is CC(C)(C)[Si](C)(C)OCCC(Oc1ccccc1)c1ccc(OCc2ccc(Cl)c(Cl)c2)cc1. The molecule has 1 atom stereocenters. The lowest BCUT2D eigenvalue weighted by Crippen LogP contribution is -2.41. The molecule has 1 unspecified atom stereocenters. The van der Waals surface area contributed by atoms with Gasteiger partial charge in [0.25, 0.3) is 0 Å². The lowest BCUT2D eigenvalue weighted by molar-refractivity contribution is 0.158. The van der Waals surface area contributed by atoms with E-state index in [0.717, 1.165) is 29.0 Å². The molecule has 0 aromatic heterocycles. The largest absolute Gasteiger partial charge is 0.489 e. The molecule has 182 valence electrons. The summed E-state index contributed by atoms with van der Waals surface area (Å²) in [5.74, 6) is 1.63. The number of hydrogen-bond donors (Lipinski definition) is 0. The zero-order chi connectivity index (χ0) is 24.8. The van der Waals surface area contributed by atoms with Gasteiger partial charge in [-0.15, -0.1) is 0 Å². The fourth-order valence-electron chi connectivity index (χ4n) is 3.17. The van der Waals surface area contributed by atoms with Crippen LogP contribution in [0.5, 0.6) is 11.5 Å². The fourth-order valence-corrected chi connectivity index (χ4v) is 4.55. The molecule has 0 N–H and O–H groups in total. The molecule has 0 fully saturated rings. The summed E-state index contributed by atoms with van der Waals surface area (Å²) in [6, 6.07) is 23.5. The van der Waals surface area contributed by atoms with Crippen molar-refractivity contribution in [1.29, 1.82) is 0 Å². The van der Waals surface area contributed by atoms with E-state index in [0.29, 0.717) is 23.3 Å². The molecular weight excluding hydrogens is 483 g/mol. The molecule has 6 heteroatoms.